The van der Waals surface area contributed by atoms with Crippen molar-refractivity contribution in [2.24, 2.45) is 0 Å². The second kappa shape index (κ2) is 6.66. The molecule has 1 rings (SSSR count). The van der Waals surface area contributed by atoms with Crippen LogP contribution in [-0.2, 0) is 8.85 Å². The molecule has 1 saturated carbocycles. The summed E-state index contributed by atoms with van der Waals surface area (Å²) in [4.78, 5) is 0. The van der Waals surface area contributed by atoms with Gasteiger partial charge in [-0.1, -0.05) is 39.0 Å². The van der Waals surface area contributed by atoms with Crippen LogP contribution in [0.4, 0.5) is 0 Å². The van der Waals surface area contributed by atoms with Crippen LogP contribution in [0.5, 0.6) is 0 Å². The molecule has 0 N–H and O–H groups in total. The van der Waals surface area contributed by atoms with Crippen molar-refractivity contribution >= 4 is 8.56 Å². The average molecular weight is 230 g/mol. The van der Waals surface area contributed by atoms with Gasteiger partial charge in [-0.05, 0) is 18.9 Å². The molecule has 0 aromatic rings. The second-order valence-electron chi connectivity index (χ2n) is 4.66. The van der Waals surface area contributed by atoms with Gasteiger partial charge in [0.15, 0.2) is 0 Å². The molecule has 1 fully saturated rings. The molecule has 0 radical (unpaired) electrons. The van der Waals surface area contributed by atoms with Crippen LogP contribution in [-0.4, -0.2) is 22.8 Å². The maximum atomic E-state index is 5.84. The molecule has 0 atom stereocenters. The standard InChI is InChI=1S/C12H26O2Si/c1-4-11-15(13-2,14-3)12-9-7-5-6-8-10-12/h12H,4-11H2,1-3H3. The van der Waals surface area contributed by atoms with Crippen LogP contribution in [0, 0.1) is 0 Å². The second-order valence-corrected chi connectivity index (χ2v) is 8.42. The monoisotopic (exact) mass is 230 g/mol. The van der Waals surface area contributed by atoms with E-state index in [0.717, 1.165) is 11.6 Å². The molecule has 0 unspecified atom stereocenters. The van der Waals surface area contributed by atoms with Gasteiger partial charge in [-0.2, -0.15) is 0 Å². The molecule has 0 saturated heterocycles. The third kappa shape index (κ3) is 3.30. The van der Waals surface area contributed by atoms with Gasteiger partial charge in [0, 0.05) is 19.8 Å². The Morgan fingerprint density at radius 2 is 1.53 bits per heavy atom. The summed E-state index contributed by atoms with van der Waals surface area (Å²) in [5.41, 5.74) is 0.731. The predicted octanol–water partition coefficient (Wildman–Crippen LogP) is 3.86. The first-order valence-corrected chi connectivity index (χ1v) is 8.49. The van der Waals surface area contributed by atoms with Crippen LogP contribution in [0.25, 0.3) is 0 Å². The molecule has 0 aromatic heterocycles. The molecular formula is C12H26O2Si. The number of hydrogen-bond donors (Lipinski definition) is 0. The fourth-order valence-electron chi connectivity index (χ4n) is 2.89. The van der Waals surface area contributed by atoms with Gasteiger partial charge in [0.05, 0.1) is 0 Å². The predicted molar refractivity (Wildman–Crippen MR) is 66.3 cm³/mol. The summed E-state index contributed by atoms with van der Waals surface area (Å²) in [6.45, 7) is 2.23. The first-order valence-electron chi connectivity index (χ1n) is 6.39. The summed E-state index contributed by atoms with van der Waals surface area (Å²) >= 11 is 0. The molecular weight excluding hydrogens is 204 g/mol. The summed E-state index contributed by atoms with van der Waals surface area (Å²) in [5, 5.41) is 0. The Hall–Kier alpha value is 0.137. The molecule has 0 heterocycles. The molecule has 1 aliphatic rings. The Labute approximate surface area is 95.6 Å². The molecule has 2 nitrogen and oxygen atoms in total. The maximum absolute atomic E-state index is 5.84. The van der Waals surface area contributed by atoms with Crippen LogP contribution < -0.4 is 0 Å². The summed E-state index contributed by atoms with van der Waals surface area (Å²) in [7, 11) is 1.84. The van der Waals surface area contributed by atoms with Gasteiger partial charge in [-0.3, -0.25) is 0 Å². The largest absolute Gasteiger partial charge is 0.397 e. The Bertz CT molecular complexity index is 161. The summed E-state index contributed by atoms with van der Waals surface area (Å²) < 4.78 is 11.7. The normalized spacial score (nSPS) is 20.2. The zero-order valence-electron chi connectivity index (χ0n) is 10.6. The van der Waals surface area contributed by atoms with Gasteiger partial charge in [0.2, 0.25) is 0 Å². The van der Waals surface area contributed by atoms with E-state index in [2.05, 4.69) is 6.92 Å². The summed E-state index contributed by atoms with van der Waals surface area (Å²) in [6, 6.07) is 1.16. The molecule has 0 spiro atoms. The van der Waals surface area contributed by atoms with E-state index in [0.29, 0.717) is 0 Å². The van der Waals surface area contributed by atoms with Crippen molar-refractivity contribution in [3.63, 3.8) is 0 Å². The molecule has 3 heteroatoms. The SMILES string of the molecule is CCC[Si](OC)(OC)C1CCCCCC1. The Kier molecular flexibility index (Phi) is 5.86. The lowest BCUT2D eigenvalue weighted by molar-refractivity contribution is 0.223. The summed E-state index contributed by atoms with van der Waals surface area (Å²) in [5.74, 6) is 0. The minimum atomic E-state index is -1.87. The highest BCUT2D eigenvalue weighted by molar-refractivity contribution is 6.68. The van der Waals surface area contributed by atoms with E-state index < -0.39 is 8.56 Å². The van der Waals surface area contributed by atoms with Crippen LogP contribution >= 0.6 is 0 Å². The van der Waals surface area contributed by atoms with E-state index in [4.69, 9.17) is 8.85 Å². The third-order valence-corrected chi connectivity index (χ3v) is 8.17. The van der Waals surface area contributed by atoms with Crippen molar-refractivity contribution in [1.82, 2.24) is 0 Å². The lowest BCUT2D eigenvalue weighted by Crippen LogP contribution is -2.44. The van der Waals surface area contributed by atoms with Crippen molar-refractivity contribution in [3.8, 4) is 0 Å². The zero-order chi connectivity index (χ0) is 11.1. The minimum absolute atomic E-state index is 0.731. The quantitative estimate of drug-likeness (QED) is 0.527. The molecule has 0 amide bonds. The van der Waals surface area contributed by atoms with Crippen molar-refractivity contribution in [2.45, 2.75) is 63.5 Å². The lowest BCUT2D eigenvalue weighted by atomic mass is 10.2. The minimum Gasteiger partial charge on any atom is -0.397 e. The van der Waals surface area contributed by atoms with E-state index in [1.807, 2.05) is 14.2 Å². The fourth-order valence-corrected chi connectivity index (χ4v) is 6.53. The van der Waals surface area contributed by atoms with E-state index >= 15 is 0 Å². The zero-order valence-corrected chi connectivity index (χ0v) is 11.6. The molecule has 1 aliphatic carbocycles. The molecule has 90 valence electrons. The van der Waals surface area contributed by atoms with Crippen molar-refractivity contribution in [2.75, 3.05) is 14.2 Å². The van der Waals surface area contributed by atoms with Gasteiger partial charge >= 0.3 is 8.56 Å². The van der Waals surface area contributed by atoms with Gasteiger partial charge in [-0.25, -0.2) is 0 Å². The topological polar surface area (TPSA) is 18.5 Å². The van der Waals surface area contributed by atoms with Crippen molar-refractivity contribution in [1.29, 1.82) is 0 Å². The Morgan fingerprint density at radius 1 is 1.00 bits per heavy atom. The molecule has 0 bridgehead atoms. The van der Waals surface area contributed by atoms with Crippen LogP contribution in [0.1, 0.15) is 51.9 Å². The number of rotatable bonds is 5. The highest BCUT2D eigenvalue weighted by Crippen LogP contribution is 2.39. The van der Waals surface area contributed by atoms with E-state index in [1.165, 1.54) is 44.9 Å². The number of hydrogen-bond acceptors (Lipinski definition) is 2. The molecule has 0 aromatic carbocycles. The first kappa shape index (κ1) is 13.2. The van der Waals surface area contributed by atoms with E-state index in [1.54, 1.807) is 0 Å². The lowest BCUT2D eigenvalue weighted by Gasteiger charge is -2.34. The Morgan fingerprint density at radius 3 is 1.93 bits per heavy atom. The molecule has 15 heavy (non-hydrogen) atoms. The fraction of sp³-hybridized carbons (Fsp3) is 1.00. The summed E-state index contributed by atoms with van der Waals surface area (Å²) in [6.07, 6.45) is 9.39. The van der Waals surface area contributed by atoms with E-state index in [9.17, 15) is 0 Å². The van der Waals surface area contributed by atoms with E-state index in [-0.39, 0.29) is 0 Å². The molecule has 0 aliphatic heterocycles. The average Bonchev–Trinajstić information content (AvgIpc) is 2.55. The highest BCUT2D eigenvalue weighted by atomic mass is 28.4. The van der Waals surface area contributed by atoms with Gasteiger partial charge in [0.1, 0.15) is 0 Å². The van der Waals surface area contributed by atoms with Crippen LogP contribution in [0.15, 0.2) is 0 Å². The maximum Gasteiger partial charge on any atom is 0.340 e. The smallest absolute Gasteiger partial charge is 0.340 e. The van der Waals surface area contributed by atoms with Gasteiger partial charge < -0.3 is 8.85 Å². The third-order valence-electron chi connectivity index (χ3n) is 3.77. The van der Waals surface area contributed by atoms with Crippen molar-refractivity contribution < 1.29 is 8.85 Å². The van der Waals surface area contributed by atoms with Gasteiger partial charge in [-0.15, -0.1) is 0 Å². The Balaban J connectivity index is 2.66. The first-order chi connectivity index (χ1) is 7.29. The van der Waals surface area contributed by atoms with Crippen molar-refractivity contribution in [3.05, 3.63) is 0 Å². The van der Waals surface area contributed by atoms with Gasteiger partial charge in [0.25, 0.3) is 0 Å². The highest BCUT2D eigenvalue weighted by Gasteiger charge is 2.43. The van der Waals surface area contributed by atoms with Crippen LogP contribution in [0.2, 0.25) is 11.6 Å². The van der Waals surface area contributed by atoms with Crippen LogP contribution in [0.3, 0.4) is 0 Å².